The highest BCUT2D eigenvalue weighted by atomic mass is 16.5. The van der Waals surface area contributed by atoms with Crippen molar-refractivity contribution in [3.8, 4) is 5.75 Å². The van der Waals surface area contributed by atoms with Gasteiger partial charge in [-0.1, -0.05) is 0 Å². The van der Waals surface area contributed by atoms with Crippen molar-refractivity contribution in [3.05, 3.63) is 39.2 Å². The summed E-state index contributed by atoms with van der Waals surface area (Å²) in [7, 11) is 0. The van der Waals surface area contributed by atoms with Crippen molar-refractivity contribution >= 4 is 22.8 Å². The highest BCUT2D eigenvalue weighted by Gasteiger charge is 2.27. The van der Waals surface area contributed by atoms with E-state index in [-0.39, 0.29) is 37.3 Å². The van der Waals surface area contributed by atoms with Crippen LogP contribution in [0.2, 0.25) is 0 Å². The average Bonchev–Trinajstić information content (AvgIpc) is 2.59. The summed E-state index contributed by atoms with van der Waals surface area (Å²) >= 11 is 0. The highest BCUT2D eigenvalue weighted by Crippen LogP contribution is 2.36. The van der Waals surface area contributed by atoms with Crippen molar-refractivity contribution in [2.75, 3.05) is 6.54 Å². The lowest BCUT2D eigenvalue weighted by Gasteiger charge is -2.32. The van der Waals surface area contributed by atoms with Gasteiger partial charge in [-0.2, -0.15) is 0 Å². The van der Waals surface area contributed by atoms with Gasteiger partial charge in [0.15, 0.2) is 0 Å². The second-order valence-corrected chi connectivity index (χ2v) is 7.80. The van der Waals surface area contributed by atoms with Gasteiger partial charge in [0.1, 0.15) is 16.9 Å². The van der Waals surface area contributed by atoms with Crippen LogP contribution in [0.5, 0.6) is 5.75 Å². The number of nitrogens with one attached hydrogen (secondary N) is 1. The summed E-state index contributed by atoms with van der Waals surface area (Å²) in [6.07, 6.45) is 2.00. The average molecular weight is 387 g/mol. The van der Waals surface area contributed by atoms with Gasteiger partial charge >= 0.3 is 11.6 Å². The molecule has 7 nitrogen and oxygen atoms in total. The van der Waals surface area contributed by atoms with E-state index in [1.54, 1.807) is 6.07 Å². The van der Waals surface area contributed by atoms with Crippen molar-refractivity contribution in [1.82, 2.24) is 5.32 Å². The lowest BCUT2D eigenvalue weighted by Crippen LogP contribution is -2.32. The van der Waals surface area contributed by atoms with Crippen molar-refractivity contribution in [1.29, 1.82) is 0 Å². The molecule has 0 unspecified atom stereocenters. The molecule has 0 radical (unpaired) electrons. The van der Waals surface area contributed by atoms with Crippen molar-refractivity contribution in [2.24, 2.45) is 0 Å². The Morgan fingerprint density at radius 3 is 2.71 bits per heavy atom. The second kappa shape index (κ2) is 7.66. The summed E-state index contributed by atoms with van der Waals surface area (Å²) in [6, 6.07) is 3.79. The monoisotopic (exact) mass is 387 g/mol. The minimum Gasteiger partial charge on any atom is -0.487 e. The fourth-order valence-corrected chi connectivity index (χ4v) is 3.46. The Morgan fingerprint density at radius 2 is 2.00 bits per heavy atom. The number of benzene rings is 1. The van der Waals surface area contributed by atoms with Gasteiger partial charge < -0.3 is 19.6 Å². The summed E-state index contributed by atoms with van der Waals surface area (Å²) < 4.78 is 11.5. The van der Waals surface area contributed by atoms with Crippen molar-refractivity contribution in [2.45, 2.75) is 58.5 Å². The SMILES string of the molecule is Cc1c(CCC(=O)NCCC(=O)O)c(=O)oc2cc3c(cc12)CCC(C)(C)O3. The van der Waals surface area contributed by atoms with Crippen LogP contribution in [0.15, 0.2) is 21.3 Å². The molecule has 1 aromatic carbocycles. The van der Waals surface area contributed by atoms with Crippen molar-refractivity contribution in [3.63, 3.8) is 0 Å². The second-order valence-electron chi connectivity index (χ2n) is 7.80. The fourth-order valence-electron chi connectivity index (χ4n) is 3.46. The van der Waals surface area contributed by atoms with Gasteiger partial charge in [0.25, 0.3) is 0 Å². The van der Waals surface area contributed by atoms with E-state index in [0.717, 1.165) is 35.1 Å². The van der Waals surface area contributed by atoms with Gasteiger partial charge in [-0.05, 0) is 57.2 Å². The van der Waals surface area contributed by atoms with Crippen LogP contribution in [0.3, 0.4) is 0 Å². The Morgan fingerprint density at radius 1 is 1.25 bits per heavy atom. The van der Waals surface area contributed by atoms with Crippen LogP contribution in [0.4, 0.5) is 0 Å². The molecule has 2 aromatic rings. The molecule has 28 heavy (non-hydrogen) atoms. The summed E-state index contributed by atoms with van der Waals surface area (Å²) in [5, 5.41) is 12.0. The first-order chi connectivity index (χ1) is 13.2. The van der Waals surface area contributed by atoms with Gasteiger partial charge in [-0.25, -0.2) is 4.79 Å². The minimum absolute atomic E-state index is 0.0714. The van der Waals surface area contributed by atoms with Gasteiger partial charge in [0, 0.05) is 30.0 Å². The molecule has 0 bridgehead atoms. The maximum absolute atomic E-state index is 12.4. The Bertz CT molecular complexity index is 989. The van der Waals surface area contributed by atoms with E-state index >= 15 is 0 Å². The molecule has 1 amide bonds. The van der Waals surface area contributed by atoms with Gasteiger partial charge in [0.05, 0.1) is 6.42 Å². The summed E-state index contributed by atoms with van der Waals surface area (Å²) in [6.45, 7) is 6.00. The lowest BCUT2D eigenvalue weighted by atomic mass is 9.92. The van der Waals surface area contributed by atoms with Gasteiger partial charge in [-0.15, -0.1) is 0 Å². The lowest BCUT2D eigenvalue weighted by molar-refractivity contribution is -0.136. The molecular formula is C21H25NO6. The van der Waals surface area contributed by atoms with E-state index in [2.05, 4.69) is 5.32 Å². The molecule has 0 fully saturated rings. The molecule has 1 aromatic heterocycles. The molecular weight excluding hydrogens is 362 g/mol. The predicted molar refractivity (Wildman–Crippen MR) is 104 cm³/mol. The largest absolute Gasteiger partial charge is 0.487 e. The maximum atomic E-state index is 12.4. The quantitative estimate of drug-likeness (QED) is 0.738. The number of aliphatic carboxylic acids is 1. The number of rotatable bonds is 6. The molecule has 2 N–H and O–H groups in total. The Labute approximate surface area is 162 Å². The number of hydrogen-bond donors (Lipinski definition) is 2. The van der Waals surface area contributed by atoms with E-state index in [9.17, 15) is 14.4 Å². The van der Waals surface area contributed by atoms with Crippen LogP contribution in [0, 0.1) is 6.92 Å². The number of ether oxygens (including phenoxy) is 1. The van der Waals surface area contributed by atoms with E-state index in [4.69, 9.17) is 14.3 Å². The van der Waals surface area contributed by atoms with Gasteiger partial charge in [-0.3, -0.25) is 9.59 Å². The predicted octanol–water partition coefficient (Wildman–Crippen LogP) is 2.73. The number of carbonyl (C=O) groups is 2. The molecule has 150 valence electrons. The number of carboxylic acids is 1. The van der Waals surface area contributed by atoms with E-state index < -0.39 is 11.6 Å². The molecule has 0 saturated heterocycles. The third-order valence-corrected chi connectivity index (χ3v) is 5.11. The van der Waals surface area contributed by atoms with Crippen LogP contribution in [-0.2, 0) is 22.4 Å². The minimum atomic E-state index is -0.970. The van der Waals surface area contributed by atoms with Crippen LogP contribution in [0.25, 0.3) is 11.0 Å². The first kappa shape index (κ1) is 19.9. The molecule has 0 spiro atoms. The maximum Gasteiger partial charge on any atom is 0.339 e. The molecule has 3 rings (SSSR count). The number of carboxylic acid groups (broad SMARTS) is 1. The summed E-state index contributed by atoms with van der Waals surface area (Å²) in [5.41, 5.74) is 2.13. The number of carbonyl (C=O) groups excluding carboxylic acids is 1. The zero-order chi connectivity index (χ0) is 20.5. The zero-order valence-corrected chi connectivity index (χ0v) is 16.4. The molecule has 0 saturated carbocycles. The molecule has 2 heterocycles. The first-order valence-electron chi connectivity index (χ1n) is 9.43. The Balaban J connectivity index is 1.82. The van der Waals surface area contributed by atoms with E-state index in [1.807, 2.05) is 26.8 Å². The van der Waals surface area contributed by atoms with Crippen LogP contribution in [-0.4, -0.2) is 29.1 Å². The van der Waals surface area contributed by atoms with Crippen LogP contribution in [0.1, 0.15) is 49.8 Å². The molecule has 1 aliphatic rings. The number of hydrogen-bond acceptors (Lipinski definition) is 5. The van der Waals surface area contributed by atoms with E-state index in [0.29, 0.717) is 11.1 Å². The standard InChI is InChI=1S/C21H25NO6/c1-12-14(4-5-18(23)22-9-7-19(24)25)20(26)27-17-11-16-13(10-15(12)17)6-8-21(2,3)28-16/h10-11H,4-9H2,1-3H3,(H,22,23)(H,24,25). The van der Waals surface area contributed by atoms with Crippen molar-refractivity contribution < 1.29 is 23.8 Å². The van der Waals surface area contributed by atoms with Crippen LogP contribution < -0.4 is 15.7 Å². The zero-order valence-electron chi connectivity index (χ0n) is 16.4. The van der Waals surface area contributed by atoms with Crippen LogP contribution >= 0.6 is 0 Å². The summed E-state index contributed by atoms with van der Waals surface area (Å²) in [4.78, 5) is 34.8. The fraction of sp³-hybridized carbons (Fsp3) is 0.476. The molecule has 0 aliphatic carbocycles. The number of fused-ring (bicyclic) bond motifs is 2. The normalized spacial score (nSPS) is 15.0. The van der Waals surface area contributed by atoms with E-state index in [1.165, 1.54) is 0 Å². The number of aryl methyl sites for hydroxylation is 2. The molecule has 1 aliphatic heterocycles. The molecule has 7 heteroatoms. The Hall–Kier alpha value is -2.83. The molecule has 0 atom stereocenters. The smallest absolute Gasteiger partial charge is 0.339 e. The van der Waals surface area contributed by atoms with Gasteiger partial charge in [0.2, 0.25) is 5.91 Å². The third-order valence-electron chi connectivity index (χ3n) is 5.11. The Kier molecular flexibility index (Phi) is 5.45. The first-order valence-corrected chi connectivity index (χ1v) is 9.43. The topological polar surface area (TPSA) is 106 Å². The third kappa shape index (κ3) is 4.35. The highest BCUT2D eigenvalue weighted by molar-refractivity contribution is 5.84. The number of amides is 1. The summed E-state index contributed by atoms with van der Waals surface area (Å²) in [5.74, 6) is -0.514.